The Morgan fingerprint density at radius 1 is 0.636 bits per heavy atom. The van der Waals surface area contributed by atoms with E-state index in [-0.39, 0.29) is 5.41 Å². The van der Waals surface area contributed by atoms with Gasteiger partial charge in [-0.15, -0.1) is 0 Å². The van der Waals surface area contributed by atoms with Gasteiger partial charge in [0.25, 0.3) is 0 Å². The molecule has 66 heavy (non-hydrogen) atoms. The molecule has 1 fully saturated rings. The van der Waals surface area contributed by atoms with Crippen molar-refractivity contribution in [3.63, 3.8) is 0 Å². The van der Waals surface area contributed by atoms with Gasteiger partial charge < -0.3 is 9.80 Å². The van der Waals surface area contributed by atoms with Gasteiger partial charge in [-0.25, -0.2) is 0 Å². The summed E-state index contributed by atoms with van der Waals surface area (Å²) in [7, 11) is 0. The molecule has 1 heterocycles. The van der Waals surface area contributed by atoms with E-state index in [0.717, 1.165) is 48.2 Å². The summed E-state index contributed by atoms with van der Waals surface area (Å²) in [4.78, 5) is 5.04. The highest BCUT2D eigenvalue weighted by molar-refractivity contribution is 5.81. The molecule has 0 spiro atoms. The topological polar surface area (TPSA) is 6.48 Å². The third-order valence-electron chi connectivity index (χ3n) is 14.5. The van der Waals surface area contributed by atoms with Gasteiger partial charge in [-0.2, -0.15) is 0 Å². The molecule has 1 saturated carbocycles. The van der Waals surface area contributed by atoms with E-state index in [1.165, 1.54) is 61.6 Å². The molecule has 0 saturated heterocycles. The maximum Gasteiger partial charge on any atom is 0.0462 e. The summed E-state index contributed by atoms with van der Waals surface area (Å²) in [5.74, 6) is 1.83. The highest BCUT2D eigenvalue weighted by Crippen LogP contribution is 2.55. The van der Waals surface area contributed by atoms with Gasteiger partial charge in [0, 0.05) is 40.4 Å². The lowest BCUT2D eigenvalue weighted by Gasteiger charge is -2.37. The van der Waals surface area contributed by atoms with E-state index >= 15 is 0 Å². The van der Waals surface area contributed by atoms with E-state index in [0.29, 0.717) is 29.7 Å². The van der Waals surface area contributed by atoms with Crippen molar-refractivity contribution >= 4 is 34.0 Å². The molecule has 1 aliphatic heterocycles. The Morgan fingerprint density at radius 3 is 1.82 bits per heavy atom. The normalized spacial score (nSPS) is 17.4. The molecule has 7 aromatic rings. The van der Waals surface area contributed by atoms with E-state index in [9.17, 15) is 0 Å². The number of allylic oxidation sites excluding steroid dienone is 4. The zero-order valence-electron chi connectivity index (χ0n) is 39.9. The fraction of sp³-hybridized carbons (Fsp3) is 0.250. The van der Waals surface area contributed by atoms with Crippen molar-refractivity contribution in [2.45, 2.75) is 91.0 Å². The van der Waals surface area contributed by atoms with Gasteiger partial charge in [0.2, 0.25) is 0 Å². The standard InChI is InChI=1S/C64H66N2/c1-9-61(64(6,7)8)46(5)21-20-45(4)48-22-24-51(25-23-48)53-32-40-62-59(42-53)60-43-54(33-41-63(60)66(62)58-34-26-47(27-35-58)44(2)3)52-30-38-57(39-31-52)65(55-18-14-11-15-19-55)56-36-28-50(29-37-56)49-16-12-10-13-17-49/h10-32,34-40,42,44,54,60-61,63H,4-5,9,33,41,43H2,1-3,6-8H3/b21-20-. The van der Waals surface area contributed by atoms with Crippen molar-refractivity contribution in [2.24, 2.45) is 11.3 Å². The molecule has 9 rings (SSSR count). The highest BCUT2D eigenvalue weighted by Gasteiger charge is 2.43. The molecule has 2 aliphatic rings. The lowest BCUT2D eigenvalue weighted by Crippen LogP contribution is -2.34. The number of fused-ring (bicyclic) bond motifs is 3. The summed E-state index contributed by atoms with van der Waals surface area (Å²) in [5.41, 5.74) is 18.8. The predicted molar refractivity (Wildman–Crippen MR) is 285 cm³/mol. The second-order valence-electron chi connectivity index (χ2n) is 20.1. The van der Waals surface area contributed by atoms with Gasteiger partial charge in [-0.05, 0) is 160 Å². The van der Waals surface area contributed by atoms with E-state index in [1.807, 2.05) is 0 Å². The van der Waals surface area contributed by atoms with Crippen LogP contribution in [-0.4, -0.2) is 6.04 Å². The van der Waals surface area contributed by atoms with Crippen LogP contribution in [0, 0.1) is 11.3 Å². The molecule has 0 bridgehead atoms. The number of anilines is 5. The van der Waals surface area contributed by atoms with E-state index < -0.39 is 0 Å². The highest BCUT2D eigenvalue weighted by atomic mass is 15.2. The molecule has 4 unspecified atom stereocenters. The average molecular weight is 863 g/mol. The number of hydrogen-bond acceptors (Lipinski definition) is 2. The lowest BCUT2D eigenvalue weighted by atomic mass is 9.73. The van der Waals surface area contributed by atoms with Crippen molar-refractivity contribution < 1.29 is 0 Å². The molecular formula is C64H66N2. The second kappa shape index (κ2) is 19.1. The Kier molecular flexibility index (Phi) is 12.9. The number of benzene rings is 7. The summed E-state index contributed by atoms with van der Waals surface area (Å²) >= 11 is 0. The molecule has 2 nitrogen and oxygen atoms in total. The fourth-order valence-electron chi connectivity index (χ4n) is 11.0. The largest absolute Gasteiger partial charge is 0.338 e. The average Bonchev–Trinajstić information content (AvgIpc) is 3.67. The number of nitrogens with zero attached hydrogens (tertiary/aromatic N) is 2. The Labute approximate surface area is 395 Å². The van der Waals surface area contributed by atoms with Crippen molar-refractivity contribution in [3.05, 3.63) is 229 Å². The van der Waals surface area contributed by atoms with Gasteiger partial charge in [-0.1, -0.05) is 188 Å². The first-order valence-electron chi connectivity index (χ1n) is 24.3. The SMILES string of the molecule is C=C(/C=C\C(=C)C(CC)C(C)(C)C)c1ccc(-c2ccc3c(c2)C2CC(c4ccc(N(c5ccccc5)c5ccc(-c6ccccc6)cc5)cc4)CCC2N3c2ccc(C(C)C)cc2)cc1. The van der Waals surface area contributed by atoms with Crippen molar-refractivity contribution in [2.75, 3.05) is 9.80 Å². The summed E-state index contributed by atoms with van der Waals surface area (Å²) < 4.78 is 0. The van der Waals surface area contributed by atoms with Gasteiger partial charge >= 0.3 is 0 Å². The number of para-hydroxylation sites is 1. The summed E-state index contributed by atoms with van der Waals surface area (Å²) in [5, 5.41) is 0. The molecule has 1 aliphatic carbocycles. The first-order valence-corrected chi connectivity index (χ1v) is 24.3. The zero-order valence-corrected chi connectivity index (χ0v) is 39.9. The molecule has 0 N–H and O–H groups in total. The van der Waals surface area contributed by atoms with E-state index in [2.05, 4.69) is 253 Å². The zero-order chi connectivity index (χ0) is 46.0. The molecule has 2 heteroatoms. The van der Waals surface area contributed by atoms with Crippen LogP contribution in [0.15, 0.2) is 207 Å². The molecule has 0 aromatic heterocycles. The van der Waals surface area contributed by atoms with Crippen LogP contribution in [0.25, 0.3) is 27.8 Å². The minimum absolute atomic E-state index is 0.178. The van der Waals surface area contributed by atoms with Crippen LogP contribution < -0.4 is 9.80 Å². The minimum atomic E-state index is 0.178. The maximum atomic E-state index is 4.44. The van der Waals surface area contributed by atoms with Crippen molar-refractivity contribution in [1.29, 1.82) is 0 Å². The number of rotatable bonds is 13. The fourth-order valence-corrected chi connectivity index (χ4v) is 11.0. The second-order valence-corrected chi connectivity index (χ2v) is 20.1. The summed E-state index contributed by atoms with van der Waals surface area (Å²) in [6.45, 7) is 22.6. The first-order chi connectivity index (χ1) is 32.0. The van der Waals surface area contributed by atoms with Crippen LogP contribution >= 0.6 is 0 Å². The molecule has 7 aromatic carbocycles. The van der Waals surface area contributed by atoms with Crippen LogP contribution in [0.4, 0.5) is 28.4 Å². The van der Waals surface area contributed by atoms with Gasteiger partial charge in [-0.3, -0.25) is 0 Å². The van der Waals surface area contributed by atoms with Crippen LogP contribution in [0.3, 0.4) is 0 Å². The Morgan fingerprint density at radius 2 is 1.20 bits per heavy atom. The summed E-state index contributed by atoms with van der Waals surface area (Å²) in [6, 6.07) is 65.8. The van der Waals surface area contributed by atoms with Gasteiger partial charge in [0.05, 0.1) is 0 Å². The Bertz CT molecular complexity index is 2790. The molecule has 0 radical (unpaired) electrons. The van der Waals surface area contributed by atoms with Gasteiger partial charge in [0.15, 0.2) is 0 Å². The first kappa shape index (κ1) is 44.6. The smallest absolute Gasteiger partial charge is 0.0462 e. The molecule has 332 valence electrons. The molecular weight excluding hydrogens is 797 g/mol. The Hall–Kier alpha value is -6.64. The van der Waals surface area contributed by atoms with E-state index in [1.54, 1.807) is 0 Å². The van der Waals surface area contributed by atoms with Crippen LogP contribution in [0.5, 0.6) is 0 Å². The molecule has 4 atom stereocenters. The molecule has 0 amide bonds. The third kappa shape index (κ3) is 9.25. The van der Waals surface area contributed by atoms with E-state index in [4.69, 9.17) is 0 Å². The van der Waals surface area contributed by atoms with Crippen LogP contribution in [0.1, 0.15) is 107 Å². The monoisotopic (exact) mass is 863 g/mol. The quantitative estimate of drug-likeness (QED) is 0.107. The van der Waals surface area contributed by atoms with Gasteiger partial charge in [0.1, 0.15) is 0 Å². The lowest BCUT2D eigenvalue weighted by molar-refractivity contribution is 0.277. The number of hydrogen-bond donors (Lipinski definition) is 0. The van der Waals surface area contributed by atoms with Crippen molar-refractivity contribution in [3.8, 4) is 22.3 Å². The van der Waals surface area contributed by atoms with Crippen molar-refractivity contribution in [1.82, 2.24) is 0 Å². The third-order valence-corrected chi connectivity index (χ3v) is 14.5. The summed E-state index contributed by atoms with van der Waals surface area (Å²) in [6.07, 6.45) is 8.81. The minimum Gasteiger partial charge on any atom is -0.338 e. The van der Waals surface area contributed by atoms with Crippen LogP contribution in [-0.2, 0) is 0 Å². The predicted octanol–water partition coefficient (Wildman–Crippen LogP) is 18.4. The Balaban J connectivity index is 0.987. The maximum absolute atomic E-state index is 4.44. The van der Waals surface area contributed by atoms with Crippen LogP contribution in [0.2, 0.25) is 0 Å².